The number of carboxylic acid groups (broad SMARTS) is 1. The molecule has 1 heterocycles. The average molecular weight is 600 g/mol. The molecule has 42 heavy (non-hydrogen) atoms. The predicted molar refractivity (Wildman–Crippen MR) is 143 cm³/mol. The Morgan fingerprint density at radius 3 is 2.36 bits per heavy atom. The number of non-ortho nitro benzene ring substituents is 1. The first kappa shape index (κ1) is 35.3. The van der Waals surface area contributed by atoms with Crippen LogP contribution in [0.2, 0.25) is 0 Å². The van der Waals surface area contributed by atoms with Gasteiger partial charge in [-0.15, -0.1) is 0 Å². The van der Waals surface area contributed by atoms with E-state index in [0.29, 0.717) is 18.5 Å². The number of aryl methyl sites for hydroxylation is 1. The molecule has 0 aliphatic carbocycles. The molecule has 0 aliphatic heterocycles. The number of rotatable bonds is 13. The highest BCUT2D eigenvalue weighted by atomic mass is 19.4. The van der Waals surface area contributed by atoms with E-state index in [4.69, 9.17) is 14.6 Å². The van der Waals surface area contributed by atoms with Crippen molar-refractivity contribution in [3.05, 3.63) is 63.8 Å². The van der Waals surface area contributed by atoms with Crippen LogP contribution >= 0.6 is 0 Å². The summed E-state index contributed by atoms with van der Waals surface area (Å²) in [5.74, 6) is -3.42. The number of carbonyl (C=O) groups is 4. The predicted octanol–water partition coefficient (Wildman–Crippen LogP) is 3.44. The van der Waals surface area contributed by atoms with Crippen LogP contribution < -0.4 is 16.0 Å². The van der Waals surface area contributed by atoms with Gasteiger partial charge in [-0.2, -0.15) is 13.2 Å². The van der Waals surface area contributed by atoms with Gasteiger partial charge in [0.15, 0.2) is 0 Å². The number of amides is 2. The molecule has 1 unspecified atom stereocenters. The minimum absolute atomic E-state index is 0.165. The molecule has 2 aromatic rings. The van der Waals surface area contributed by atoms with E-state index in [-0.39, 0.29) is 37.1 Å². The standard InChI is InChI=1S/C24H31N5O6.C2HF3O2/c1-16(2)35-24(32)14-20(18-6-4-7-19(13-18)29(33)34)28-23(31)15-27-22(30)8-5-10-25-21-12-17(3)9-11-26-21;3-2(4,5)1(6)7/h4,6-7,9,11-13,16,20H,5,8,10,14-15H2,1-3H3,(H,25,26)(H,27,30)(H,28,31);(H,6,7). The van der Waals surface area contributed by atoms with Gasteiger partial charge in [-0.1, -0.05) is 12.1 Å². The number of aromatic nitrogens is 1. The Morgan fingerprint density at radius 2 is 1.79 bits per heavy atom. The minimum Gasteiger partial charge on any atom is -0.475 e. The SMILES string of the molecule is Cc1ccnc(NCCCC(=O)NCC(=O)NC(CC(=O)OC(C)C)c2cccc([N+](=O)[O-])c2)c1.O=C(O)C(F)(F)F. The lowest BCUT2D eigenvalue weighted by molar-refractivity contribution is -0.384. The Labute approximate surface area is 239 Å². The van der Waals surface area contributed by atoms with E-state index in [1.54, 1.807) is 26.1 Å². The minimum atomic E-state index is -5.08. The van der Waals surface area contributed by atoms with E-state index in [0.717, 1.165) is 11.4 Å². The lowest BCUT2D eigenvalue weighted by Gasteiger charge is -2.19. The Kier molecular flexibility index (Phi) is 14.4. The fraction of sp³-hybridized carbons (Fsp3) is 0.423. The highest BCUT2D eigenvalue weighted by Gasteiger charge is 2.38. The van der Waals surface area contributed by atoms with Crippen LogP contribution in [0.4, 0.5) is 24.7 Å². The van der Waals surface area contributed by atoms with E-state index in [2.05, 4.69) is 20.9 Å². The van der Waals surface area contributed by atoms with Crippen molar-refractivity contribution >= 4 is 35.3 Å². The van der Waals surface area contributed by atoms with Crippen LogP contribution in [0, 0.1) is 17.0 Å². The zero-order chi connectivity index (χ0) is 31.9. The van der Waals surface area contributed by atoms with Crippen LogP contribution in [0.15, 0.2) is 42.6 Å². The molecule has 13 nitrogen and oxygen atoms in total. The number of ether oxygens (including phenoxy) is 1. The summed E-state index contributed by atoms with van der Waals surface area (Å²) in [5, 5.41) is 26.6. The van der Waals surface area contributed by atoms with Crippen LogP contribution in [0.25, 0.3) is 0 Å². The number of halogens is 3. The van der Waals surface area contributed by atoms with Crippen molar-refractivity contribution in [2.24, 2.45) is 0 Å². The third-order valence-corrected chi connectivity index (χ3v) is 5.05. The number of aliphatic carboxylic acids is 1. The fourth-order valence-electron chi connectivity index (χ4n) is 3.20. The second-order valence-corrected chi connectivity index (χ2v) is 9.04. The molecule has 2 rings (SSSR count). The molecule has 0 spiro atoms. The van der Waals surface area contributed by atoms with Crippen LogP contribution in [0.1, 0.15) is 50.3 Å². The van der Waals surface area contributed by atoms with Gasteiger partial charge in [-0.25, -0.2) is 9.78 Å². The van der Waals surface area contributed by atoms with Crippen molar-refractivity contribution in [2.75, 3.05) is 18.4 Å². The van der Waals surface area contributed by atoms with E-state index in [1.807, 2.05) is 19.1 Å². The van der Waals surface area contributed by atoms with Crippen molar-refractivity contribution in [1.82, 2.24) is 15.6 Å². The highest BCUT2D eigenvalue weighted by Crippen LogP contribution is 2.22. The number of carboxylic acids is 1. The van der Waals surface area contributed by atoms with Gasteiger partial charge >= 0.3 is 18.1 Å². The van der Waals surface area contributed by atoms with Crippen molar-refractivity contribution in [2.45, 2.75) is 58.4 Å². The lowest BCUT2D eigenvalue weighted by atomic mass is 10.0. The van der Waals surface area contributed by atoms with Crippen LogP contribution in [-0.2, 0) is 23.9 Å². The molecule has 0 radical (unpaired) electrons. The number of benzene rings is 1. The highest BCUT2D eigenvalue weighted by molar-refractivity contribution is 5.85. The second-order valence-electron chi connectivity index (χ2n) is 9.04. The molecule has 1 aromatic carbocycles. The molecular formula is C26H32F3N5O8. The van der Waals surface area contributed by atoms with Gasteiger partial charge in [0.05, 0.1) is 30.0 Å². The van der Waals surface area contributed by atoms with Crippen LogP contribution in [0.5, 0.6) is 0 Å². The number of carbonyl (C=O) groups excluding carboxylic acids is 3. The van der Waals surface area contributed by atoms with Gasteiger partial charge in [0, 0.05) is 31.3 Å². The molecule has 1 aromatic heterocycles. The molecule has 4 N–H and O–H groups in total. The molecular weight excluding hydrogens is 567 g/mol. The zero-order valence-corrected chi connectivity index (χ0v) is 23.1. The molecule has 0 fully saturated rings. The third kappa shape index (κ3) is 14.6. The van der Waals surface area contributed by atoms with E-state index < -0.39 is 35.0 Å². The second kappa shape index (κ2) is 17.1. The summed E-state index contributed by atoms with van der Waals surface area (Å²) in [5.41, 5.74) is 1.30. The number of nitro benzene ring substituents is 1. The Hall–Kier alpha value is -4.76. The van der Waals surface area contributed by atoms with E-state index in [1.165, 1.54) is 18.2 Å². The van der Waals surface area contributed by atoms with Gasteiger partial charge in [-0.3, -0.25) is 24.5 Å². The number of esters is 1. The summed E-state index contributed by atoms with van der Waals surface area (Å²) >= 11 is 0. The average Bonchev–Trinajstić information content (AvgIpc) is 2.89. The number of anilines is 1. The summed E-state index contributed by atoms with van der Waals surface area (Å²) in [6.45, 7) is 5.60. The van der Waals surface area contributed by atoms with Gasteiger partial charge in [0.2, 0.25) is 11.8 Å². The van der Waals surface area contributed by atoms with Gasteiger partial charge in [0.25, 0.3) is 5.69 Å². The molecule has 0 saturated heterocycles. The summed E-state index contributed by atoms with van der Waals surface area (Å²) in [6.07, 6.45) is -3.19. The molecule has 0 aliphatic rings. The molecule has 16 heteroatoms. The Balaban J connectivity index is 0.00000112. The van der Waals surface area contributed by atoms with Crippen LogP contribution in [0.3, 0.4) is 0 Å². The number of nitrogens with one attached hydrogen (secondary N) is 3. The monoisotopic (exact) mass is 599 g/mol. The van der Waals surface area contributed by atoms with Gasteiger partial charge < -0.3 is 25.8 Å². The van der Waals surface area contributed by atoms with E-state index in [9.17, 15) is 37.7 Å². The van der Waals surface area contributed by atoms with Gasteiger partial charge in [-0.05, 0) is 50.5 Å². The topological polar surface area (TPSA) is 190 Å². The fourth-order valence-corrected chi connectivity index (χ4v) is 3.20. The van der Waals surface area contributed by atoms with Crippen molar-refractivity contribution in [1.29, 1.82) is 0 Å². The number of pyridine rings is 1. The van der Waals surface area contributed by atoms with E-state index >= 15 is 0 Å². The lowest BCUT2D eigenvalue weighted by Crippen LogP contribution is -2.39. The zero-order valence-electron chi connectivity index (χ0n) is 23.1. The quantitative estimate of drug-likeness (QED) is 0.115. The van der Waals surface area contributed by atoms with Crippen LogP contribution in [-0.4, -0.2) is 64.1 Å². The normalized spacial score (nSPS) is 11.4. The largest absolute Gasteiger partial charge is 0.490 e. The third-order valence-electron chi connectivity index (χ3n) is 5.05. The molecule has 2 amide bonds. The molecule has 0 saturated carbocycles. The molecule has 230 valence electrons. The molecule has 0 bridgehead atoms. The molecule has 1 atom stereocenters. The first-order chi connectivity index (χ1) is 19.6. The van der Waals surface area contributed by atoms with Gasteiger partial charge in [0.1, 0.15) is 5.82 Å². The number of hydrogen-bond acceptors (Lipinski definition) is 9. The Morgan fingerprint density at radius 1 is 1.12 bits per heavy atom. The number of nitro groups is 1. The number of nitrogens with zero attached hydrogens (tertiary/aromatic N) is 2. The summed E-state index contributed by atoms with van der Waals surface area (Å²) < 4.78 is 36.9. The Bertz CT molecular complexity index is 1240. The number of hydrogen-bond donors (Lipinski definition) is 4. The summed E-state index contributed by atoms with van der Waals surface area (Å²) in [6, 6.07) is 8.61. The first-order valence-electron chi connectivity index (χ1n) is 12.5. The maximum absolute atomic E-state index is 12.5. The maximum Gasteiger partial charge on any atom is 0.490 e. The smallest absolute Gasteiger partial charge is 0.475 e. The maximum atomic E-state index is 12.5. The van der Waals surface area contributed by atoms with Crippen molar-refractivity contribution in [3.8, 4) is 0 Å². The number of alkyl halides is 3. The summed E-state index contributed by atoms with van der Waals surface area (Å²) in [4.78, 5) is 60.4. The van der Waals surface area contributed by atoms with Crippen molar-refractivity contribution in [3.63, 3.8) is 0 Å². The van der Waals surface area contributed by atoms with Crippen molar-refractivity contribution < 1.29 is 47.1 Å². The first-order valence-corrected chi connectivity index (χ1v) is 12.5. The summed E-state index contributed by atoms with van der Waals surface area (Å²) in [7, 11) is 0.